The van der Waals surface area contributed by atoms with Gasteiger partial charge in [-0.05, 0) is 58.5 Å². The van der Waals surface area contributed by atoms with Crippen LogP contribution in [0.15, 0.2) is 54.6 Å². The first-order chi connectivity index (χ1) is 17.1. The van der Waals surface area contributed by atoms with Crippen molar-refractivity contribution in [2.45, 2.75) is 38.1 Å². The number of amides is 2. The van der Waals surface area contributed by atoms with Gasteiger partial charge >= 0.3 is 0 Å². The van der Waals surface area contributed by atoms with Gasteiger partial charge in [-0.25, -0.2) is 4.39 Å². The third kappa shape index (κ3) is 4.07. The topological polar surface area (TPSA) is 81.9 Å². The molecule has 0 bridgehead atoms. The molecule has 5 rings (SSSR count). The van der Waals surface area contributed by atoms with E-state index in [1.54, 1.807) is 30.3 Å². The molecular weight excluding hydrogens is 483 g/mol. The zero-order chi connectivity index (χ0) is 25.8. The molecule has 0 spiro atoms. The standard InChI is InChI=1S/C28H26ClFN2O4/c1-28(2,3)20-8-6-17(14-21(20)29)32-25(15-4-9-22-23(12-15)36-11-10-35-22)24(26(31)33)18-7-5-16(30)13-19(18)27(32)34/h4-9,12-14,24-25H,10-11H2,1-3H3,(H2,31,33)/t24-,25+/m0/s1. The average Bonchev–Trinajstić information content (AvgIpc) is 2.82. The van der Waals surface area contributed by atoms with Crippen molar-refractivity contribution in [1.82, 2.24) is 0 Å². The van der Waals surface area contributed by atoms with Crippen LogP contribution >= 0.6 is 11.6 Å². The van der Waals surface area contributed by atoms with E-state index in [-0.39, 0.29) is 11.0 Å². The van der Waals surface area contributed by atoms with Crippen LogP contribution < -0.4 is 20.1 Å². The van der Waals surface area contributed by atoms with Gasteiger partial charge in [0.2, 0.25) is 5.91 Å². The molecule has 186 valence electrons. The normalized spacial score (nSPS) is 19.1. The van der Waals surface area contributed by atoms with Crippen LogP contribution in [0.3, 0.4) is 0 Å². The highest BCUT2D eigenvalue weighted by molar-refractivity contribution is 6.32. The van der Waals surface area contributed by atoms with E-state index < -0.39 is 29.6 Å². The number of hydrogen-bond acceptors (Lipinski definition) is 4. The van der Waals surface area contributed by atoms with Crippen molar-refractivity contribution >= 4 is 29.1 Å². The number of halogens is 2. The summed E-state index contributed by atoms with van der Waals surface area (Å²) in [7, 11) is 0. The number of fused-ring (bicyclic) bond motifs is 2. The summed E-state index contributed by atoms with van der Waals surface area (Å²) in [4.78, 5) is 28.3. The Balaban J connectivity index is 1.74. The molecule has 36 heavy (non-hydrogen) atoms. The highest BCUT2D eigenvalue weighted by Crippen LogP contribution is 2.47. The van der Waals surface area contributed by atoms with Crippen LogP contribution in [0.5, 0.6) is 11.5 Å². The molecule has 2 aliphatic rings. The maximum absolute atomic E-state index is 14.2. The second-order valence-corrected chi connectivity index (χ2v) is 10.5. The Morgan fingerprint density at radius 1 is 1.03 bits per heavy atom. The molecule has 8 heteroatoms. The molecule has 0 aromatic heterocycles. The molecule has 0 aliphatic carbocycles. The van der Waals surface area contributed by atoms with Gasteiger partial charge in [0.1, 0.15) is 19.0 Å². The molecule has 2 atom stereocenters. The minimum atomic E-state index is -0.943. The van der Waals surface area contributed by atoms with Gasteiger partial charge in [0.25, 0.3) is 5.91 Å². The summed E-state index contributed by atoms with van der Waals surface area (Å²) in [5.74, 6) is -1.53. The van der Waals surface area contributed by atoms with Gasteiger partial charge in [-0.2, -0.15) is 0 Å². The highest BCUT2D eigenvalue weighted by Gasteiger charge is 2.45. The van der Waals surface area contributed by atoms with Gasteiger partial charge in [0.05, 0.1) is 12.0 Å². The predicted octanol–water partition coefficient (Wildman–Crippen LogP) is 5.52. The van der Waals surface area contributed by atoms with Gasteiger partial charge < -0.3 is 15.2 Å². The van der Waals surface area contributed by atoms with Gasteiger partial charge in [0.15, 0.2) is 11.5 Å². The SMILES string of the molecule is CC(C)(C)c1ccc(N2C(=O)c3cc(F)ccc3[C@H](C(N)=O)[C@H]2c2ccc3c(c2)OCCO3)cc1Cl. The molecule has 3 aromatic carbocycles. The van der Waals surface area contributed by atoms with E-state index in [0.29, 0.717) is 46.5 Å². The molecule has 3 aromatic rings. The molecule has 6 nitrogen and oxygen atoms in total. The lowest BCUT2D eigenvalue weighted by molar-refractivity contribution is -0.120. The number of nitrogens with two attached hydrogens (primary N) is 1. The number of carbonyl (C=O) groups excluding carboxylic acids is 2. The fourth-order valence-electron chi connectivity index (χ4n) is 4.99. The number of nitrogens with zero attached hydrogens (tertiary/aromatic N) is 1. The minimum Gasteiger partial charge on any atom is -0.486 e. The predicted molar refractivity (Wildman–Crippen MR) is 135 cm³/mol. The van der Waals surface area contributed by atoms with Gasteiger partial charge in [-0.1, -0.05) is 50.6 Å². The van der Waals surface area contributed by atoms with E-state index in [1.807, 2.05) is 26.8 Å². The molecule has 0 unspecified atom stereocenters. The summed E-state index contributed by atoms with van der Waals surface area (Å²) in [5.41, 5.74) is 8.18. The monoisotopic (exact) mass is 508 g/mol. The molecule has 2 amide bonds. The van der Waals surface area contributed by atoms with Crippen LogP contribution in [0.25, 0.3) is 0 Å². The average molecular weight is 509 g/mol. The number of benzene rings is 3. The third-order valence-corrected chi connectivity index (χ3v) is 6.96. The van der Waals surface area contributed by atoms with Crippen LogP contribution in [0.1, 0.15) is 59.8 Å². The number of rotatable bonds is 3. The Morgan fingerprint density at radius 2 is 1.75 bits per heavy atom. The van der Waals surface area contributed by atoms with Gasteiger partial charge in [0, 0.05) is 16.3 Å². The van der Waals surface area contributed by atoms with E-state index >= 15 is 0 Å². The Bertz CT molecular complexity index is 1380. The molecule has 2 aliphatic heterocycles. The van der Waals surface area contributed by atoms with E-state index in [9.17, 15) is 14.0 Å². The van der Waals surface area contributed by atoms with E-state index in [2.05, 4.69) is 0 Å². The maximum Gasteiger partial charge on any atom is 0.259 e. The second-order valence-electron chi connectivity index (χ2n) is 10.0. The summed E-state index contributed by atoms with van der Waals surface area (Å²) in [6, 6.07) is 13.7. The number of primary amides is 1. The molecule has 2 heterocycles. The third-order valence-electron chi connectivity index (χ3n) is 6.65. The quantitative estimate of drug-likeness (QED) is 0.505. The second kappa shape index (κ2) is 8.82. The van der Waals surface area contributed by atoms with Crippen LogP contribution in [0.2, 0.25) is 5.02 Å². The van der Waals surface area contributed by atoms with Gasteiger partial charge in [-0.15, -0.1) is 0 Å². The summed E-state index contributed by atoms with van der Waals surface area (Å²) in [6.45, 7) is 6.94. The molecule has 0 fully saturated rings. The van der Waals surface area contributed by atoms with Crippen molar-refractivity contribution in [3.63, 3.8) is 0 Å². The van der Waals surface area contributed by atoms with Crippen molar-refractivity contribution in [1.29, 1.82) is 0 Å². The van der Waals surface area contributed by atoms with Crippen molar-refractivity contribution < 1.29 is 23.5 Å². The first-order valence-corrected chi connectivity index (χ1v) is 12.1. The first kappa shape index (κ1) is 24.1. The fraction of sp³-hybridized carbons (Fsp3) is 0.286. The summed E-state index contributed by atoms with van der Waals surface area (Å²) in [6.07, 6.45) is 0. The molecule has 0 radical (unpaired) electrons. The summed E-state index contributed by atoms with van der Waals surface area (Å²) >= 11 is 6.67. The Kier molecular flexibility index (Phi) is 5.91. The van der Waals surface area contributed by atoms with Crippen molar-refractivity contribution in [2.75, 3.05) is 18.1 Å². The van der Waals surface area contributed by atoms with Crippen molar-refractivity contribution in [2.24, 2.45) is 5.73 Å². The van der Waals surface area contributed by atoms with Crippen LogP contribution in [0.4, 0.5) is 10.1 Å². The van der Waals surface area contributed by atoms with Crippen molar-refractivity contribution in [3.8, 4) is 11.5 Å². The molecule has 2 N–H and O–H groups in total. The molecule has 0 saturated heterocycles. The van der Waals surface area contributed by atoms with Crippen molar-refractivity contribution in [3.05, 3.63) is 87.7 Å². The first-order valence-electron chi connectivity index (χ1n) is 11.7. The minimum absolute atomic E-state index is 0.0867. The highest BCUT2D eigenvalue weighted by atomic mass is 35.5. The number of ether oxygens (including phenoxy) is 2. The Labute approximate surface area is 213 Å². The van der Waals surface area contributed by atoms with E-state index in [0.717, 1.165) is 11.6 Å². The molecule has 0 saturated carbocycles. The summed E-state index contributed by atoms with van der Waals surface area (Å²) in [5, 5.41) is 0.481. The Morgan fingerprint density at radius 3 is 2.42 bits per heavy atom. The smallest absolute Gasteiger partial charge is 0.259 e. The molecular formula is C28H26ClFN2O4. The zero-order valence-electron chi connectivity index (χ0n) is 20.2. The summed E-state index contributed by atoms with van der Waals surface area (Å²) < 4.78 is 25.7. The fourth-order valence-corrected chi connectivity index (χ4v) is 5.45. The van der Waals surface area contributed by atoms with E-state index in [1.165, 1.54) is 17.0 Å². The van der Waals surface area contributed by atoms with Crippen LogP contribution in [-0.4, -0.2) is 25.0 Å². The number of hydrogen-bond donors (Lipinski definition) is 1. The zero-order valence-corrected chi connectivity index (χ0v) is 20.9. The Hall–Kier alpha value is -3.58. The lowest BCUT2D eigenvalue weighted by Gasteiger charge is -2.41. The van der Waals surface area contributed by atoms with Gasteiger partial charge in [-0.3, -0.25) is 14.5 Å². The largest absolute Gasteiger partial charge is 0.486 e. The lowest BCUT2D eigenvalue weighted by Crippen LogP contribution is -2.46. The van der Waals surface area contributed by atoms with Crippen LogP contribution in [-0.2, 0) is 10.2 Å². The lowest BCUT2D eigenvalue weighted by atomic mass is 9.78. The van der Waals surface area contributed by atoms with Crippen LogP contribution in [0, 0.1) is 5.82 Å². The van der Waals surface area contributed by atoms with E-state index in [4.69, 9.17) is 26.8 Å². The number of carbonyl (C=O) groups is 2. The number of anilines is 1. The maximum atomic E-state index is 14.2.